The minimum Gasteiger partial charge on any atom is -0.0683 e. The van der Waals surface area contributed by atoms with Crippen molar-refractivity contribution < 1.29 is 0 Å². The molecule has 0 aromatic heterocycles. The Kier molecular flexibility index (Phi) is 22.9. The van der Waals surface area contributed by atoms with Gasteiger partial charge in [-0.15, -0.1) is 0 Å². The topological polar surface area (TPSA) is 0 Å². The van der Waals surface area contributed by atoms with Crippen LogP contribution in [0, 0.1) is 0 Å². The van der Waals surface area contributed by atoms with Crippen LogP contribution in [0.15, 0.2) is 140 Å². The van der Waals surface area contributed by atoms with Gasteiger partial charge >= 0.3 is 0 Å². The molecular weight excluding hydrogens is 673 g/mol. The molecule has 56 heavy (non-hydrogen) atoms. The quantitative estimate of drug-likeness (QED) is 0.157. The predicted molar refractivity (Wildman–Crippen MR) is 253 cm³/mol. The molecule has 0 amide bonds. The molecule has 0 bridgehead atoms. The van der Waals surface area contributed by atoms with E-state index in [4.69, 9.17) is 0 Å². The van der Waals surface area contributed by atoms with Gasteiger partial charge in [-0.3, -0.25) is 0 Å². The van der Waals surface area contributed by atoms with Gasteiger partial charge in [-0.2, -0.15) is 0 Å². The van der Waals surface area contributed by atoms with Crippen LogP contribution < -0.4 is 0 Å². The maximum Gasteiger partial charge on any atom is 0.00734 e. The van der Waals surface area contributed by atoms with Crippen molar-refractivity contribution in [3.63, 3.8) is 0 Å². The van der Waals surface area contributed by atoms with E-state index in [1.165, 1.54) is 98.0 Å². The molecule has 298 valence electrons. The number of hydrogen-bond donors (Lipinski definition) is 0. The van der Waals surface area contributed by atoms with Crippen molar-refractivity contribution in [3.05, 3.63) is 178 Å². The van der Waals surface area contributed by atoms with Crippen LogP contribution in [0.4, 0.5) is 0 Å². The van der Waals surface area contributed by atoms with Gasteiger partial charge in [0.05, 0.1) is 0 Å². The van der Waals surface area contributed by atoms with Crippen LogP contribution in [0.3, 0.4) is 0 Å². The summed E-state index contributed by atoms with van der Waals surface area (Å²) in [5.74, 6) is 0.553. The third kappa shape index (κ3) is 13.2. The molecule has 0 heteroatoms. The van der Waals surface area contributed by atoms with Crippen LogP contribution in [0.25, 0.3) is 33.4 Å². The van der Waals surface area contributed by atoms with Gasteiger partial charge in [-0.1, -0.05) is 248 Å². The molecule has 0 saturated heterocycles. The van der Waals surface area contributed by atoms with Gasteiger partial charge in [0.2, 0.25) is 0 Å². The zero-order chi connectivity index (χ0) is 41.3. The number of fused-ring (bicyclic) bond motifs is 9. The fraction of sp³-hybridized carbons (Fsp3) is 0.357. The first-order valence-electron chi connectivity index (χ1n) is 21.9. The van der Waals surface area contributed by atoms with Crippen LogP contribution in [0.5, 0.6) is 0 Å². The Morgan fingerprint density at radius 3 is 0.982 bits per heavy atom. The summed E-state index contributed by atoms with van der Waals surface area (Å²) in [6.07, 6.45) is 8.33. The van der Waals surface area contributed by atoms with E-state index in [2.05, 4.69) is 209 Å². The molecule has 6 aromatic carbocycles. The second kappa shape index (κ2) is 27.0. The van der Waals surface area contributed by atoms with Gasteiger partial charge in [-0.25, -0.2) is 0 Å². The Morgan fingerprint density at radius 2 is 0.643 bits per heavy atom. The predicted octanol–water partition coefficient (Wildman–Crippen LogP) is 17.6. The molecule has 6 aromatic rings. The second-order valence-electron chi connectivity index (χ2n) is 14.4. The van der Waals surface area contributed by atoms with Crippen LogP contribution >= 0.6 is 0 Å². The molecule has 1 atom stereocenters. The Morgan fingerprint density at radius 1 is 0.357 bits per heavy atom. The second-order valence-corrected chi connectivity index (χ2v) is 14.4. The van der Waals surface area contributed by atoms with Gasteiger partial charge in [0.1, 0.15) is 0 Å². The lowest BCUT2D eigenvalue weighted by atomic mass is 9.97. The van der Waals surface area contributed by atoms with Crippen molar-refractivity contribution in [2.24, 2.45) is 0 Å². The van der Waals surface area contributed by atoms with Crippen LogP contribution in [-0.4, -0.2) is 0 Å². The lowest BCUT2D eigenvalue weighted by Crippen LogP contribution is -1.90. The minimum absolute atomic E-state index is 0.553. The highest BCUT2D eigenvalue weighted by molar-refractivity contribution is 5.79. The number of benzene rings is 6. The van der Waals surface area contributed by atoms with Gasteiger partial charge in [0.15, 0.2) is 0 Å². The molecule has 0 N–H and O–H groups in total. The fourth-order valence-electron chi connectivity index (χ4n) is 6.88. The van der Waals surface area contributed by atoms with E-state index in [-0.39, 0.29) is 0 Å². The normalized spacial score (nSPS) is 12.0. The Hall–Kier alpha value is -4.68. The van der Waals surface area contributed by atoms with Gasteiger partial charge in [0.25, 0.3) is 0 Å². The Balaban J connectivity index is 0.000000250. The van der Waals surface area contributed by atoms with Crippen molar-refractivity contribution in [3.8, 4) is 33.4 Å². The Labute approximate surface area is 344 Å². The molecule has 9 rings (SSSR count). The van der Waals surface area contributed by atoms with Crippen molar-refractivity contribution in [1.82, 2.24) is 0 Å². The summed E-state index contributed by atoms with van der Waals surface area (Å²) in [5.41, 5.74) is 18.8. The summed E-state index contributed by atoms with van der Waals surface area (Å²) < 4.78 is 0. The van der Waals surface area contributed by atoms with E-state index in [0.717, 1.165) is 19.3 Å². The first kappa shape index (κ1) is 47.5. The zero-order valence-corrected chi connectivity index (χ0v) is 37.3. The number of rotatable bonds is 1. The third-order valence-electron chi connectivity index (χ3n) is 9.12. The first-order valence-corrected chi connectivity index (χ1v) is 21.9. The fourth-order valence-corrected chi connectivity index (χ4v) is 6.88. The standard InChI is InChI=1S/C16H16.2C13H10.4C3H8.C2H6/c1-3-12-8-9-15-14-7-5-4-6-13(14)11(2)16(15)10-12;2*1-3-7-12-10(5-1)9-11-6-2-4-8-13(11)12;4*1-3-2;1-2/h4-11H,3H2,1-2H3;2*1-8H,9H2;4*3H2,1-2H3;1-2H3. The minimum atomic E-state index is 0.553. The summed E-state index contributed by atoms with van der Waals surface area (Å²) >= 11 is 0. The molecule has 0 spiro atoms. The average molecular weight is 747 g/mol. The van der Waals surface area contributed by atoms with E-state index in [1.807, 2.05) is 13.8 Å². The zero-order valence-electron chi connectivity index (χ0n) is 37.3. The van der Waals surface area contributed by atoms with Gasteiger partial charge in [-0.05, 0) is 91.6 Å². The summed E-state index contributed by atoms with van der Waals surface area (Å²) in [6.45, 7) is 25.5. The van der Waals surface area contributed by atoms with Crippen LogP contribution in [-0.2, 0) is 19.3 Å². The van der Waals surface area contributed by atoms with E-state index < -0.39 is 0 Å². The summed E-state index contributed by atoms with van der Waals surface area (Å²) in [7, 11) is 0. The van der Waals surface area contributed by atoms with Crippen LogP contribution in [0.2, 0.25) is 0 Å². The Bertz CT molecular complexity index is 1770. The molecule has 0 radical (unpaired) electrons. The molecule has 1 unspecified atom stereocenters. The maximum absolute atomic E-state index is 2.38. The molecule has 0 aliphatic heterocycles. The van der Waals surface area contributed by atoms with E-state index >= 15 is 0 Å². The van der Waals surface area contributed by atoms with Crippen LogP contribution in [0.1, 0.15) is 154 Å². The van der Waals surface area contributed by atoms with Crippen molar-refractivity contribution in [2.75, 3.05) is 0 Å². The van der Waals surface area contributed by atoms with Gasteiger partial charge < -0.3 is 0 Å². The SMILES string of the molecule is CC.CCC.CCC.CCC.CCC.CCc1ccc2c(c1)C(C)c1ccccc1-2.c1ccc2c(c1)Cc1ccccc1-2.c1ccc2c(c1)Cc1ccccc1-2. The van der Waals surface area contributed by atoms with E-state index in [9.17, 15) is 0 Å². The maximum atomic E-state index is 2.38. The highest BCUT2D eigenvalue weighted by Crippen LogP contribution is 2.44. The monoisotopic (exact) mass is 747 g/mol. The molecule has 0 fully saturated rings. The molecule has 3 aliphatic carbocycles. The molecule has 0 nitrogen and oxygen atoms in total. The smallest absolute Gasteiger partial charge is 0.00734 e. The molecular formula is C56H74. The van der Waals surface area contributed by atoms with Crippen molar-refractivity contribution in [2.45, 2.75) is 134 Å². The lowest BCUT2D eigenvalue weighted by molar-refractivity contribution is 0.950. The number of hydrogen-bond acceptors (Lipinski definition) is 0. The van der Waals surface area contributed by atoms with Crippen molar-refractivity contribution >= 4 is 0 Å². The highest BCUT2D eigenvalue weighted by Gasteiger charge is 2.24. The summed E-state index contributed by atoms with van der Waals surface area (Å²) in [6, 6.07) is 50.3. The number of aryl methyl sites for hydroxylation is 1. The van der Waals surface area contributed by atoms with Crippen molar-refractivity contribution in [1.29, 1.82) is 0 Å². The molecule has 0 saturated carbocycles. The highest BCUT2D eigenvalue weighted by atomic mass is 14.3. The first-order chi connectivity index (χ1) is 27.4. The largest absolute Gasteiger partial charge is 0.0683 e. The van der Waals surface area contributed by atoms with E-state index in [1.54, 1.807) is 0 Å². The lowest BCUT2D eigenvalue weighted by Gasteiger charge is -2.07. The average Bonchev–Trinajstić information content (AvgIpc) is 3.90. The summed E-state index contributed by atoms with van der Waals surface area (Å²) in [5, 5.41) is 0. The third-order valence-corrected chi connectivity index (χ3v) is 9.12. The molecule has 0 heterocycles. The molecule has 3 aliphatic rings. The summed E-state index contributed by atoms with van der Waals surface area (Å²) in [4.78, 5) is 0. The van der Waals surface area contributed by atoms with Gasteiger partial charge in [0, 0.05) is 5.92 Å². The van der Waals surface area contributed by atoms with E-state index in [0.29, 0.717) is 5.92 Å².